The highest BCUT2D eigenvalue weighted by Crippen LogP contribution is 2.42. The molecule has 112 valence electrons. The van der Waals surface area contributed by atoms with E-state index in [-0.39, 0.29) is 17.9 Å². The molecule has 3 aliphatic rings. The van der Waals surface area contributed by atoms with Crippen molar-refractivity contribution < 1.29 is 9.59 Å². The van der Waals surface area contributed by atoms with E-state index in [9.17, 15) is 9.59 Å². The fraction of sp³-hybridized carbons (Fsp3) is 0.667. The van der Waals surface area contributed by atoms with Crippen LogP contribution in [0.5, 0.6) is 0 Å². The van der Waals surface area contributed by atoms with E-state index in [1.165, 1.54) is 0 Å². The van der Waals surface area contributed by atoms with Crippen LogP contribution in [-0.4, -0.2) is 33.3 Å². The van der Waals surface area contributed by atoms with Gasteiger partial charge in [-0.2, -0.15) is 0 Å². The van der Waals surface area contributed by atoms with Crippen LogP contribution in [0.25, 0.3) is 0 Å². The van der Waals surface area contributed by atoms with E-state index < -0.39 is 5.54 Å². The highest BCUT2D eigenvalue weighted by atomic mass is 32.1. The highest BCUT2D eigenvalue weighted by Gasteiger charge is 2.55. The van der Waals surface area contributed by atoms with E-state index in [4.69, 9.17) is 0 Å². The van der Waals surface area contributed by atoms with Crippen LogP contribution in [0.1, 0.15) is 43.4 Å². The van der Waals surface area contributed by atoms with Gasteiger partial charge < -0.3 is 10.2 Å². The molecule has 0 aromatic carbocycles. The summed E-state index contributed by atoms with van der Waals surface area (Å²) >= 11 is 1.55. The van der Waals surface area contributed by atoms with E-state index in [0.29, 0.717) is 12.5 Å². The second-order valence-electron chi connectivity index (χ2n) is 6.46. The third kappa shape index (κ3) is 2.16. The van der Waals surface area contributed by atoms with Crippen molar-refractivity contribution in [3.05, 3.63) is 16.6 Å². The van der Waals surface area contributed by atoms with Gasteiger partial charge >= 0.3 is 0 Å². The molecule has 1 aliphatic heterocycles. The van der Waals surface area contributed by atoms with Crippen LogP contribution in [0.3, 0.4) is 0 Å². The molecule has 1 saturated heterocycles. The van der Waals surface area contributed by atoms with Crippen molar-refractivity contribution in [1.29, 1.82) is 0 Å². The van der Waals surface area contributed by atoms with E-state index >= 15 is 0 Å². The number of rotatable bonds is 3. The lowest BCUT2D eigenvalue weighted by atomic mass is 9.89. The molecule has 1 aromatic rings. The molecule has 3 fully saturated rings. The highest BCUT2D eigenvalue weighted by molar-refractivity contribution is 7.09. The Hall–Kier alpha value is -1.43. The Morgan fingerprint density at radius 1 is 1.33 bits per heavy atom. The average molecular weight is 305 g/mol. The van der Waals surface area contributed by atoms with Crippen LogP contribution in [0, 0.1) is 5.92 Å². The summed E-state index contributed by atoms with van der Waals surface area (Å²) in [6, 6.07) is -0.272. The minimum absolute atomic E-state index is 0.0588. The van der Waals surface area contributed by atoms with Gasteiger partial charge in [-0.3, -0.25) is 14.6 Å². The fourth-order valence-corrected chi connectivity index (χ4v) is 4.35. The van der Waals surface area contributed by atoms with Crippen LogP contribution in [-0.2, 0) is 16.1 Å². The molecule has 5 nitrogen and oxygen atoms in total. The van der Waals surface area contributed by atoms with Gasteiger partial charge in [0.25, 0.3) is 0 Å². The van der Waals surface area contributed by atoms with Crippen LogP contribution in [0.15, 0.2) is 11.7 Å². The molecular weight excluding hydrogens is 286 g/mol. The predicted molar refractivity (Wildman–Crippen MR) is 78.5 cm³/mol. The zero-order valence-corrected chi connectivity index (χ0v) is 12.7. The Bertz CT molecular complexity index is 561. The van der Waals surface area contributed by atoms with Gasteiger partial charge in [0, 0.05) is 11.1 Å². The molecule has 1 unspecified atom stereocenters. The molecule has 4 rings (SSSR count). The van der Waals surface area contributed by atoms with Gasteiger partial charge in [0.05, 0.1) is 12.1 Å². The van der Waals surface area contributed by atoms with E-state index in [1.807, 2.05) is 4.90 Å². The molecule has 1 spiro atoms. The van der Waals surface area contributed by atoms with Gasteiger partial charge in [0.1, 0.15) is 11.6 Å². The van der Waals surface area contributed by atoms with Crippen molar-refractivity contribution >= 4 is 23.2 Å². The number of hydrogen-bond acceptors (Lipinski definition) is 4. The second-order valence-corrected chi connectivity index (χ2v) is 7.43. The van der Waals surface area contributed by atoms with Crippen molar-refractivity contribution in [2.24, 2.45) is 5.92 Å². The maximum Gasteiger partial charge on any atom is 0.249 e. The first-order chi connectivity index (χ1) is 10.2. The summed E-state index contributed by atoms with van der Waals surface area (Å²) < 4.78 is 0. The summed E-state index contributed by atoms with van der Waals surface area (Å²) in [5.41, 5.74) is 1.16. The molecular formula is C15H19N3O2S. The van der Waals surface area contributed by atoms with Crippen LogP contribution < -0.4 is 5.32 Å². The minimum atomic E-state index is -0.618. The van der Waals surface area contributed by atoms with Crippen LogP contribution in [0.4, 0.5) is 0 Å². The van der Waals surface area contributed by atoms with Gasteiger partial charge in [0.2, 0.25) is 11.8 Å². The largest absolute Gasteiger partial charge is 0.340 e. The summed E-state index contributed by atoms with van der Waals surface area (Å²) in [5, 5.41) is 3.08. The van der Waals surface area contributed by atoms with Crippen molar-refractivity contribution in [3.63, 3.8) is 0 Å². The number of piperazine rings is 1. The van der Waals surface area contributed by atoms with Gasteiger partial charge in [-0.15, -0.1) is 11.3 Å². The topological polar surface area (TPSA) is 62.3 Å². The number of nitrogens with one attached hydrogen (secondary N) is 1. The summed E-state index contributed by atoms with van der Waals surface area (Å²) in [6.45, 7) is 0.528. The van der Waals surface area contributed by atoms with E-state index in [1.54, 1.807) is 23.0 Å². The number of hydrogen-bond donors (Lipinski definition) is 1. The molecule has 2 heterocycles. The molecule has 1 atom stereocenters. The molecule has 2 saturated carbocycles. The number of nitrogens with zero attached hydrogens (tertiary/aromatic N) is 2. The first-order valence-corrected chi connectivity index (χ1v) is 8.58. The van der Waals surface area contributed by atoms with Gasteiger partial charge in [-0.25, -0.2) is 0 Å². The Morgan fingerprint density at radius 2 is 2.10 bits per heavy atom. The maximum atomic E-state index is 13.1. The molecule has 1 N–H and O–H groups in total. The first kappa shape index (κ1) is 13.2. The third-order valence-electron chi connectivity index (χ3n) is 4.97. The van der Waals surface area contributed by atoms with E-state index in [2.05, 4.69) is 10.3 Å². The Kier molecular flexibility index (Phi) is 3.03. The summed E-state index contributed by atoms with van der Waals surface area (Å²) in [6.07, 6.45) is 7.52. The number of carbonyl (C=O) groups excluding carboxylic acids is 2. The number of aromatic nitrogens is 1. The molecule has 0 bridgehead atoms. The first-order valence-electron chi connectivity index (χ1n) is 7.70. The van der Waals surface area contributed by atoms with Gasteiger partial charge in [-0.1, -0.05) is 12.8 Å². The van der Waals surface area contributed by atoms with Gasteiger partial charge in [-0.05, 0) is 31.6 Å². The summed E-state index contributed by atoms with van der Waals surface area (Å²) in [5.74, 6) is 0.536. The lowest BCUT2D eigenvalue weighted by Gasteiger charge is -2.44. The molecule has 2 amide bonds. The standard InChI is InChI=1S/C15H19N3O2S/c19-13-12(10-3-4-10)18(8-11-7-16-9-21-11)14(20)15(17-13)5-1-2-6-15/h7,9-10,12H,1-6,8H2,(H,17,19). The van der Waals surface area contributed by atoms with Gasteiger partial charge in [0.15, 0.2) is 0 Å². The maximum absolute atomic E-state index is 13.1. The summed E-state index contributed by atoms with van der Waals surface area (Å²) in [7, 11) is 0. The van der Waals surface area contributed by atoms with Crippen LogP contribution in [0.2, 0.25) is 0 Å². The van der Waals surface area contributed by atoms with Crippen molar-refractivity contribution in [3.8, 4) is 0 Å². The van der Waals surface area contributed by atoms with Crippen LogP contribution >= 0.6 is 11.3 Å². The van der Waals surface area contributed by atoms with E-state index in [0.717, 1.165) is 43.4 Å². The monoisotopic (exact) mass is 305 g/mol. The quantitative estimate of drug-likeness (QED) is 0.924. The van der Waals surface area contributed by atoms with Crippen molar-refractivity contribution in [2.45, 2.75) is 56.7 Å². The minimum Gasteiger partial charge on any atom is -0.340 e. The molecule has 0 radical (unpaired) electrons. The number of amides is 2. The lowest BCUT2D eigenvalue weighted by Crippen LogP contribution is -2.69. The Morgan fingerprint density at radius 3 is 2.71 bits per heavy atom. The molecule has 21 heavy (non-hydrogen) atoms. The third-order valence-corrected chi connectivity index (χ3v) is 5.74. The average Bonchev–Trinajstić information content (AvgIpc) is 2.98. The number of carbonyl (C=O) groups is 2. The predicted octanol–water partition coefficient (Wildman–Crippen LogP) is 1.69. The van der Waals surface area contributed by atoms with Crippen molar-refractivity contribution in [1.82, 2.24) is 15.2 Å². The molecule has 1 aromatic heterocycles. The second kappa shape index (κ2) is 4.80. The smallest absolute Gasteiger partial charge is 0.249 e. The Labute approximate surface area is 127 Å². The fourth-order valence-electron chi connectivity index (χ4n) is 3.76. The number of thiazole rings is 1. The summed E-state index contributed by atoms with van der Waals surface area (Å²) in [4.78, 5) is 32.6. The lowest BCUT2D eigenvalue weighted by molar-refractivity contribution is -0.156. The van der Waals surface area contributed by atoms with Crippen molar-refractivity contribution in [2.75, 3.05) is 0 Å². The zero-order chi connectivity index (χ0) is 14.4. The normalized spacial score (nSPS) is 28.2. The SMILES string of the molecule is O=C1NC2(CCCC2)C(=O)N(Cc2cncs2)C1C1CC1. The Balaban J connectivity index is 1.66. The molecule has 2 aliphatic carbocycles. The molecule has 6 heteroatoms. The zero-order valence-electron chi connectivity index (χ0n) is 11.9.